The number of hydrogen-bond acceptors (Lipinski definition) is 1. The Hall–Kier alpha value is -0.0400. The minimum absolute atomic E-state index is 0.504. The van der Waals surface area contributed by atoms with Crippen molar-refractivity contribution in [2.45, 2.75) is 46.1 Å². The van der Waals surface area contributed by atoms with Crippen molar-refractivity contribution in [2.75, 3.05) is 0 Å². The van der Waals surface area contributed by atoms with Gasteiger partial charge in [-0.2, -0.15) is 0 Å². The molecule has 3 aliphatic rings. The van der Waals surface area contributed by atoms with Gasteiger partial charge in [0.15, 0.2) is 0 Å². The predicted molar refractivity (Wildman–Crippen MR) is 49.6 cm³/mol. The fourth-order valence-electron chi connectivity index (χ4n) is 4.91. The lowest BCUT2D eigenvalue weighted by Crippen LogP contribution is -2.51. The first-order valence-electron chi connectivity index (χ1n) is 5.22. The van der Waals surface area contributed by atoms with Crippen molar-refractivity contribution >= 4 is 0 Å². The Labute approximate surface area is 74.7 Å². The molecule has 2 N–H and O–H groups in total. The molecular weight excluding hydrogens is 146 g/mol. The topological polar surface area (TPSA) is 26.0 Å². The third kappa shape index (κ3) is 0.396. The second kappa shape index (κ2) is 1.50. The van der Waals surface area contributed by atoms with Crippen LogP contribution < -0.4 is 5.73 Å². The summed E-state index contributed by atoms with van der Waals surface area (Å²) >= 11 is 0. The van der Waals surface area contributed by atoms with E-state index in [4.69, 9.17) is 5.73 Å². The molecule has 1 heteroatoms. The normalized spacial score (nSPS) is 65.0. The van der Waals surface area contributed by atoms with Crippen LogP contribution in [0.4, 0.5) is 0 Å². The van der Waals surface area contributed by atoms with E-state index in [-0.39, 0.29) is 0 Å². The van der Waals surface area contributed by atoms with Gasteiger partial charge >= 0.3 is 0 Å². The SMILES string of the molecule is CC1(C)C2C[C@H](N)C3(C)CCC213. The molecule has 68 valence electrons. The molecule has 0 aromatic carbocycles. The first-order valence-corrected chi connectivity index (χ1v) is 5.22. The van der Waals surface area contributed by atoms with Gasteiger partial charge in [-0.15, -0.1) is 0 Å². The van der Waals surface area contributed by atoms with Crippen molar-refractivity contribution in [3.05, 3.63) is 0 Å². The molecule has 12 heavy (non-hydrogen) atoms. The molecule has 0 heterocycles. The largest absolute Gasteiger partial charge is 0.327 e. The molecular formula is C11H19N. The molecule has 0 radical (unpaired) electrons. The molecule has 3 aliphatic carbocycles. The van der Waals surface area contributed by atoms with Crippen molar-refractivity contribution in [2.24, 2.45) is 27.9 Å². The predicted octanol–water partition coefficient (Wildman–Crippen LogP) is 2.16. The zero-order valence-electron chi connectivity index (χ0n) is 8.35. The van der Waals surface area contributed by atoms with E-state index >= 15 is 0 Å². The van der Waals surface area contributed by atoms with Crippen LogP contribution >= 0.6 is 0 Å². The van der Waals surface area contributed by atoms with Crippen LogP contribution in [0.5, 0.6) is 0 Å². The van der Waals surface area contributed by atoms with E-state index in [0.717, 1.165) is 5.92 Å². The molecule has 3 rings (SSSR count). The smallest absolute Gasteiger partial charge is 0.0102 e. The highest BCUT2D eigenvalue weighted by Crippen LogP contribution is 2.89. The average molecular weight is 165 g/mol. The number of hydrogen-bond donors (Lipinski definition) is 1. The minimum atomic E-state index is 0.504. The zero-order chi connectivity index (χ0) is 8.78. The van der Waals surface area contributed by atoms with E-state index in [2.05, 4.69) is 20.8 Å². The molecule has 1 nitrogen and oxygen atoms in total. The molecule has 0 aliphatic heterocycles. The third-order valence-corrected chi connectivity index (χ3v) is 5.90. The molecule has 3 unspecified atom stereocenters. The maximum Gasteiger partial charge on any atom is 0.0102 e. The molecule has 0 saturated heterocycles. The lowest BCUT2D eigenvalue weighted by molar-refractivity contribution is -0.00944. The van der Waals surface area contributed by atoms with Gasteiger partial charge in [-0.25, -0.2) is 0 Å². The summed E-state index contributed by atoms with van der Waals surface area (Å²) in [6.07, 6.45) is 4.13. The second-order valence-electron chi connectivity index (χ2n) is 6.01. The van der Waals surface area contributed by atoms with Crippen molar-refractivity contribution in [1.29, 1.82) is 0 Å². The first kappa shape index (κ1) is 7.37. The summed E-state index contributed by atoms with van der Waals surface area (Å²) in [4.78, 5) is 0. The maximum absolute atomic E-state index is 6.19. The molecule has 0 bridgehead atoms. The molecule has 0 aromatic rings. The summed E-state index contributed by atoms with van der Waals surface area (Å²) < 4.78 is 0. The van der Waals surface area contributed by atoms with Gasteiger partial charge in [-0.05, 0) is 41.4 Å². The van der Waals surface area contributed by atoms with Crippen LogP contribution in [-0.2, 0) is 0 Å². The molecule has 3 fully saturated rings. The fraction of sp³-hybridized carbons (Fsp3) is 1.00. The van der Waals surface area contributed by atoms with Gasteiger partial charge in [0.05, 0.1) is 0 Å². The van der Waals surface area contributed by atoms with Crippen LogP contribution in [0.3, 0.4) is 0 Å². The summed E-state index contributed by atoms with van der Waals surface area (Å²) in [6.45, 7) is 7.32. The second-order valence-corrected chi connectivity index (χ2v) is 6.01. The molecule has 0 amide bonds. The van der Waals surface area contributed by atoms with E-state index < -0.39 is 0 Å². The highest BCUT2D eigenvalue weighted by atomic mass is 14.9. The van der Waals surface area contributed by atoms with Crippen molar-refractivity contribution in [3.8, 4) is 0 Å². The Morgan fingerprint density at radius 3 is 2.17 bits per heavy atom. The van der Waals surface area contributed by atoms with Gasteiger partial charge in [0.1, 0.15) is 0 Å². The molecule has 0 aromatic heterocycles. The van der Waals surface area contributed by atoms with E-state index in [1.54, 1.807) is 0 Å². The zero-order valence-corrected chi connectivity index (χ0v) is 8.35. The highest BCUT2D eigenvalue weighted by molar-refractivity contribution is 5.34. The van der Waals surface area contributed by atoms with Crippen LogP contribution in [0.1, 0.15) is 40.0 Å². The lowest BCUT2D eigenvalue weighted by Gasteiger charge is -2.51. The van der Waals surface area contributed by atoms with Gasteiger partial charge in [0.25, 0.3) is 0 Å². The Bertz CT molecular complexity index is 258. The monoisotopic (exact) mass is 165 g/mol. The summed E-state index contributed by atoms with van der Waals surface area (Å²) in [5.41, 5.74) is 8.01. The van der Waals surface area contributed by atoms with E-state index in [9.17, 15) is 0 Å². The maximum atomic E-state index is 6.19. The molecule has 1 spiro atoms. The highest BCUT2D eigenvalue weighted by Gasteiger charge is 2.85. The van der Waals surface area contributed by atoms with Gasteiger partial charge in [-0.3, -0.25) is 0 Å². The first-order chi connectivity index (χ1) is 5.47. The van der Waals surface area contributed by atoms with Crippen molar-refractivity contribution in [1.82, 2.24) is 0 Å². The minimum Gasteiger partial charge on any atom is -0.327 e. The van der Waals surface area contributed by atoms with Crippen LogP contribution in [0.15, 0.2) is 0 Å². The average Bonchev–Trinajstić information content (AvgIpc) is 2.41. The van der Waals surface area contributed by atoms with Gasteiger partial charge < -0.3 is 5.73 Å². The van der Waals surface area contributed by atoms with E-state index in [1.807, 2.05) is 0 Å². The third-order valence-electron chi connectivity index (χ3n) is 5.90. The van der Waals surface area contributed by atoms with E-state index in [0.29, 0.717) is 22.3 Å². The van der Waals surface area contributed by atoms with Gasteiger partial charge in [-0.1, -0.05) is 20.8 Å². The van der Waals surface area contributed by atoms with Crippen LogP contribution in [0, 0.1) is 22.2 Å². The lowest BCUT2D eigenvalue weighted by atomic mass is 9.54. The quantitative estimate of drug-likeness (QED) is 0.585. The Balaban J connectivity index is 2.06. The fourth-order valence-corrected chi connectivity index (χ4v) is 4.91. The van der Waals surface area contributed by atoms with Crippen LogP contribution in [-0.4, -0.2) is 6.04 Å². The summed E-state index contributed by atoms with van der Waals surface area (Å²) in [5, 5.41) is 0. The standard InChI is InChI=1S/C11H19N/c1-9(2)7-6-8(12)10(3)4-5-11(7,9)10/h7-8H,4-6,12H2,1-3H3/t7?,8-,10?,11?/m0/s1. The Morgan fingerprint density at radius 1 is 1.17 bits per heavy atom. The number of rotatable bonds is 0. The van der Waals surface area contributed by atoms with Crippen LogP contribution in [0.25, 0.3) is 0 Å². The van der Waals surface area contributed by atoms with Crippen molar-refractivity contribution in [3.63, 3.8) is 0 Å². The van der Waals surface area contributed by atoms with Gasteiger partial charge in [0, 0.05) is 6.04 Å². The Kier molecular flexibility index (Phi) is 0.919. The molecule has 3 saturated carbocycles. The summed E-state index contributed by atoms with van der Waals surface area (Å²) in [5.74, 6) is 0.957. The van der Waals surface area contributed by atoms with Crippen molar-refractivity contribution < 1.29 is 0 Å². The molecule has 4 atom stereocenters. The van der Waals surface area contributed by atoms with E-state index in [1.165, 1.54) is 19.3 Å². The number of nitrogens with two attached hydrogens (primary N) is 1. The Morgan fingerprint density at radius 2 is 1.83 bits per heavy atom. The van der Waals surface area contributed by atoms with Crippen LogP contribution in [0.2, 0.25) is 0 Å². The summed E-state index contributed by atoms with van der Waals surface area (Å²) in [6, 6.07) is 0.504. The summed E-state index contributed by atoms with van der Waals surface area (Å²) in [7, 11) is 0. The van der Waals surface area contributed by atoms with Gasteiger partial charge in [0.2, 0.25) is 0 Å².